The second-order valence-electron chi connectivity index (χ2n) is 15.3. The van der Waals surface area contributed by atoms with E-state index in [1.165, 1.54) is 6.08 Å². The maximum atomic E-state index is 14.3. The monoisotopic (exact) mass is 842 g/mol. The molecule has 0 aromatic heterocycles. The van der Waals surface area contributed by atoms with Crippen molar-refractivity contribution < 1.29 is 32.3 Å². The van der Waals surface area contributed by atoms with Crippen LogP contribution in [0.1, 0.15) is 60.9 Å². The Kier molecular flexibility index (Phi) is 16.6. The van der Waals surface area contributed by atoms with Gasteiger partial charge in [-0.2, -0.15) is 0 Å². The number of hydrogen-bond donors (Lipinski definition) is 4. The molecule has 318 valence electrons. The van der Waals surface area contributed by atoms with Crippen LogP contribution in [0.3, 0.4) is 0 Å². The van der Waals surface area contributed by atoms with Crippen LogP contribution in [0.2, 0.25) is 0 Å². The Balaban J connectivity index is 1.37. The van der Waals surface area contributed by atoms with E-state index in [9.17, 15) is 27.6 Å². The number of alkyl carbamates (subject to hydrolysis) is 1. The number of sulfone groups is 1. The van der Waals surface area contributed by atoms with E-state index < -0.39 is 51.4 Å². The van der Waals surface area contributed by atoms with E-state index in [2.05, 4.69) is 21.3 Å². The van der Waals surface area contributed by atoms with E-state index in [0.29, 0.717) is 0 Å². The van der Waals surface area contributed by atoms with Crippen molar-refractivity contribution in [3.8, 4) is 0 Å². The third-order valence-corrected chi connectivity index (χ3v) is 10.6. The van der Waals surface area contributed by atoms with Crippen molar-refractivity contribution in [1.82, 2.24) is 21.3 Å². The molecular weight excluding hydrogens is 789 g/mol. The number of nitrogens with one attached hydrogen (secondary N) is 4. The maximum Gasteiger partial charge on any atom is 0.408 e. The van der Waals surface area contributed by atoms with Crippen LogP contribution in [0.15, 0.2) is 163 Å². The van der Waals surface area contributed by atoms with E-state index in [4.69, 9.17) is 4.74 Å². The molecule has 0 aliphatic heterocycles. The minimum atomic E-state index is -3.63. The second kappa shape index (κ2) is 22.2. The molecule has 12 heteroatoms. The zero-order chi connectivity index (χ0) is 43.7. The van der Waals surface area contributed by atoms with Gasteiger partial charge in [0, 0.05) is 30.5 Å². The van der Waals surface area contributed by atoms with Gasteiger partial charge >= 0.3 is 6.09 Å². The highest BCUT2D eigenvalue weighted by Crippen LogP contribution is 2.37. The molecule has 0 aliphatic carbocycles. The van der Waals surface area contributed by atoms with Gasteiger partial charge in [-0.05, 0) is 46.6 Å². The summed E-state index contributed by atoms with van der Waals surface area (Å²) in [7, 11) is -3.63. The molecule has 61 heavy (non-hydrogen) atoms. The van der Waals surface area contributed by atoms with Crippen molar-refractivity contribution in [2.75, 3.05) is 6.26 Å². The topological polar surface area (TPSA) is 160 Å². The van der Waals surface area contributed by atoms with Crippen LogP contribution < -0.4 is 21.3 Å². The fraction of sp³-hybridized carbons (Fsp3) is 0.265. The average molecular weight is 843 g/mol. The zero-order valence-corrected chi connectivity index (χ0v) is 35.5. The molecule has 0 unspecified atom stereocenters. The summed E-state index contributed by atoms with van der Waals surface area (Å²) < 4.78 is 30.1. The Bertz CT molecular complexity index is 2210. The first-order valence-corrected chi connectivity index (χ1v) is 22.3. The average Bonchev–Trinajstić information content (AvgIpc) is 3.26. The summed E-state index contributed by atoms with van der Waals surface area (Å²) in [5.41, 5.74) is 2.94. The molecule has 0 fully saturated rings. The number of hydrogen-bond acceptors (Lipinski definition) is 7. The fourth-order valence-corrected chi connectivity index (χ4v) is 7.49. The van der Waals surface area contributed by atoms with Crippen molar-refractivity contribution in [3.63, 3.8) is 0 Å². The molecule has 11 nitrogen and oxygen atoms in total. The lowest BCUT2D eigenvalue weighted by Crippen LogP contribution is -2.55. The van der Waals surface area contributed by atoms with Crippen molar-refractivity contribution in [1.29, 1.82) is 0 Å². The lowest BCUT2D eigenvalue weighted by atomic mass is 9.77. The Morgan fingerprint density at radius 2 is 1.08 bits per heavy atom. The molecule has 0 spiro atoms. The molecule has 5 rings (SSSR count). The number of rotatable bonds is 20. The third kappa shape index (κ3) is 14.0. The second-order valence-corrected chi connectivity index (χ2v) is 17.3. The van der Waals surface area contributed by atoms with E-state index in [0.717, 1.165) is 39.5 Å². The predicted octanol–water partition coefficient (Wildman–Crippen LogP) is 6.99. The molecule has 4 amide bonds. The number of ether oxygens (including phenoxy) is 1. The number of carbonyl (C=O) groups is 4. The highest BCUT2D eigenvalue weighted by Gasteiger charge is 2.38. The standard InChI is InChI=1S/C49H54N4O7S/c1-36(2)33-43(52-48(57)60-35-38-21-11-5-12-22-38)47(56)51-44(34-37-19-9-4-10-20-37)46(55)50-42(31-32-61(3,58)59)29-30-45(54)53-49(39-23-13-6-14-24-39,40-25-15-7-16-26-40)41-27-17-8-18-28-41/h4-28,31-32,36,42-44H,29-30,33-35H2,1-3H3,(H,50,55)(H,51,56)(H,52,57)(H,53,54)/b32-31+/t42-,43-,44-/m0/s1. The molecule has 0 saturated heterocycles. The van der Waals surface area contributed by atoms with Gasteiger partial charge in [0.1, 0.15) is 24.2 Å². The van der Waals surface area contributed by atoms with Crippen LogP contribution in [0, 0.1) is 5.92 Å². The Morgan fingerprint density at radius 3 is 1.56 bits per heavy atom. The van der Waals surface area contributed by atoms with Gasteiger partial charge in [-0.15, -0.1) is 0 Å². The van der Waals surface area contributed by atoms with E-state index in [-0.39, 0.29) is 44.1 Å². The van der Waals surface area contributed by atoms with Crippen molar-refractivity contribution in [2.24, 2.45) is 5.92 Å². The van der Waals surface area contributed by atoms with Gasteiger partial charge < -0.3 is 26.0 Å². The first-order chi connectivity index (χ1) is 29.3. The summed E-state index contributed by atoms with van der Waals surface area (Å²) in [5, 5.41) is 12.7. The lowest BCUT2D eigenvalue weighted by Gasteiger charge is -2.37. The fourth-order valence-electron chi connectivity index (χ4n) is 7.02. The molecule has 0 radical (unpaired) electrons. The quantitative estimate of drug-likeness (QED) is 0.0615. The van der Waals surface area contributed by atoms with Gasteiger partial charge in [-0.25, -0.2) is 13.2 Å². The molecule has 3 atom stereocenters. The number of carbonyl (C=O) groups excluding carboxylic acids is 4. The number of benzene rings is 5. The summed E-state index contributed by atoms with van der Waals surface area (Å²) in [6.07, 6.45) is 1.86. The van der Waals surface area contributed by atoms with Gasteiger partial charge in [-0.3, -0.25) is 14.4 Å². The summed E-state index contributed by atoms with van der Waals surface area (Å²) in [4.78, 5) is 55.3. The molecule has 0 saturated carbocycles. The summed E-state index contributed by atoms with van der Waals surface area (Å²) in [6, 6.07) is 44.0. The van der Waals surface area contributed by atoms with Gasteiger partial charge in [0.2, 0.25) is 17.7 Å². The van der Waals surface area contributed by atoms with Crippen LogP contribution in [-0.4, -0.2) is 56.6 Å². The van der Waals surface area contributed by atoms with Crippen molar-refractivity contribution in [3.05, 3.63) is 191 Å². The van der Waals surface area contributed by atoms with Gasteiger partial charge in [-0.1, -0.05) is 172 Å². The van der Waals surface area contributed by atoms with Crippen LogP contribution in [-0.2, 0) is 47.5 Å². The SMILES string of the molecule is CC(C)C[C@H](NC(=O)OCc1ccccc1)C(=O)N[C@@H](Cc1ccccc1)C(=O)N[C@H](/C=C/S(C)(=O)=O)CCC(=O)NC(c1ccccc1)(c1ccccc1)c1ccccc1. The van der Waals surface area contributed by atoms with E-state index in [1.807, 2.05) is 166 Å². The van der Waals surface area contributed by atoms with Crippen LogP contribution in [0.4, 0.5) is 4.79 Å². The lowest BCUT2D eigenvalue weighted by molar-refractivity contribution is -0.130. The molecule has 0 aliphatic rings. The van der Waals surface area contributed by atoms with Crippen LogP contribution >= 0.6 is 0 Å². The first-order valence-electron chi connectivity index (χ1n) is 20.3. The summed E-state index contributed by atoms with van der Waals surface area (Å²) in [6.45, 7) is 3.82. The van der Waals surface area contributed by atoms with E-state index in [1.54, 1.807) is 0 Å². The van der Waals surface area contributed by atoms with Crippen LogP contribution in [0.5, 0.6) is 0 Å². The minimum Gasteiger partial charge on any atom is -0.445 e. The molecule has 0 bridgehead atoms. The van der Waals surface area contributed by atoms with Gasteiger partial charge in [0.15, 0.2) is 9.84 Å². The molecule has 5 aromatic rings. The van der Waals surface area contributed by atoms with Gasteiger partial charge in [0.25, 0.3) is 0 Å². The largest absolute Gasteiger partial charge is 0.445 e. The first kappa shape index (κ1) is 45.6. The summed E-state index contributed by atoms with van der Waals surface area (Å²) >= 11 is 0. The Hall–Kier alpha value is -6.53. The van der Waals surface area contributed by atoms with Crippen LogP contribution in [0.25, 0.3) is 0 Å². The molecule has 4 N–H and O–H groups in total. The zero-order valence-electron chi connectivity index (χ0n) is 34.7. The van der Waals surface area contributed by atoms with Crippen molar-refractivity contribution in [2.45, 2.75) is 69.8 Å². The van der Waals surface area contributed by atoms with E-state index >= 15 is 0 Å². The Labute approximate surface area is 358 Å². The molecule has 0 heterocycles. The van der Waals surface area contributed by atoms with Gasteiger partial charge in [0.05, 0.1) is 0 Å². The smallest absolute Gasteiger partial charge is 0.408 e. The van der Waals surface area contributed by atoms with Crippen molar-refractivity contribution >= 4 is 33.7 Å². The molecular formula is C49H54N4O7S. The molecule has 5 aromatic carbocycles. The Morgan fingerprint density at radius 1 is 0.623 bits per heavy atom. The highest BCUT2D eigenvalue weighted by molar-refractivity contribution is 7.93. The third-order valence-electron chi connectivity index (χ3n) is 9.96. The normalized spacial score (nSPS) is 13.1. The maximum absolute atomic E-state index is 14.3. The minimum absolute atomic E-state index is 0.00682. The number of amides is 4. The predicted molar refractivity (Wildman–Crippen MR) is 238 cm³/mol. The summed E-state index contributed by atoms with van der Waals surface area (Å²) in [5.74, 6) is -1.56. The highest BCUT2D eigenvalue weighted by atomic mass is 32.2.